The van der Waals surface area contributed by atoms with E-state index >= 15 is 0 Å². The van der Waals surface area contributed by atoms with E-state index in [1.54, 1.807) is 25.2 Å². The highest BCUT2D eigenvalue weighted by Gasteiger charge is 2.17. The van der Waals surface area contributed by atoms with Crippen molar-refractivity contribution in [2.24, 2.45) is 0 Å². The molecule has 1 heterocycles. The number of rotatable bonds is 2. The molecule has 0 atom stereocenters. The van der Waals surface area contributed by atoms with E-state index < -0.39 is 0 Å². The zero-order valence-corrected chi connectivity index (χ0v) is 8.77. The largest absolute Gasteiger partial charge is 0.454 e. The molecule has 0 fully saturated rings. The summed E-state index contributed by atoms with van der Waals surface area (Å²) in [5.41, 5.74) is 0.488. The summed E-state index contributed by atoms with van der Waals surface area (Å²) in [6, 6.07) is 6.89. The lowest BCUT2D eigenvalue weighted by Crippen LogP contribution is -2.26. The Bertz CT molecular complexity index is 465. The van der Waals surface area contributed by atoms with Gasteiger partial charge in [-0.05, 0) is 18.2 Å². The third-order valence-corrected chi connectivity index (χ3v) is 2.27. The molecule has 82 valence electrons. The summed E-state index contributed by atoms with van der Waals surface area (Å²) in [6.45, 7) is 0.244. The Labute approximate surface area is 92.8 Å². The van der Waals surface area contributed by atoms with E-state index in [1.165, 1.54) is 4.90 Å². The Hall–Kier alpha value is -2.22. The predicted molar refractivity (Wildman–Crippen MR) is 55.1 cm³/mol. The van der Waals surface area contributed by atoms with E-state index in [-0.39, 0.29) is 19.2 Å². The number of benzene rings is 1. The standard InChI is InChI=1S/C11H10N2O3/c1-13(5-4-12)11(14)8-2-3-9-10(6-8)16-7-15-9/h2-3,6H,5,7H2,1H3. The van der Waals surface area contributed by atoms with Gasteiger partial charge in [0.2, 0.25) is 6.79 Å². The Balaban J connectivity index is 2.22. The van der Waals surface area contributed by atoms with Gasteiger partial charge in [0.15, 0.2) is 11.5 Å². The van der Waals surface area contributed by atoms with Gasteiger partial charge in [-0.2, -0.15) is 5.26 Å². The average Bonchev–Trinajstić information content (AvgIpc) is 2.75. The first kappa shape index (κ1) is 10.3. The van der Waals surface area contributed by atoms with E-state index in [2.05, 4.69) is 0 Å². The molecule has 1 aliphatic heterocycles. The number of ether oxygens (including phenoxy) is 2. The Morgan fingerprint density at radius 2 is 2.25 bits per heavy atom. The Morgan fingerprint density at radius 1 is 1.50 bits per heavy atom. The van der Waals surface area contributed by atoms with Crippen molar-refractivity contribution >= 4 is 5.91 Å². The Kier molecular flexibility index (Phi) is 2.64. The highest BCUT2D eigenvalue weighted by Crippen LogP contribution is 2.32. The number of nitrogens with zero attached hydrogens (tertiary/aromatic N) is 2. The summed E-state index contributed by atoms with van der Waals surface area (Å²) < 4.78 is 10.3. The molecule has 0 aromatic heterocycles. The lowest BCUT2D eigenvalue weighted by molar-refractivity contribution is 0.0811. The molecule has 0 aliphatic carbocycles. The first-order chi connectivity index (χ1) is 7.72. The maximum atomic E-state index is 11.8. The maximum absolute atomic E-state index is 11.8. The third-order valence-electron chi connectivity index (χ3n) is 2.27. The van der Waals surface area contributed by atoms with Gasteiger partial charge in [0.1, 0.15) is 6.54 Å². The van der Waals surface area contributed by atoms with Crippen molar-refractivity contribution in [2.45, 2.75) is 0 Å². The first-order valence-electron chi connectivity index (χ1n) is 4.74. The molecule has 1 aliphatic rings. The molecule has 1 aromatic rings. The number of fused-ring (bicyclic) bond motifs is 1. The molecule has 0 saturated carbocycles. The van der Waals surface area contributed by atoms with Gasteiger partial charge in [0.25, 0.3) is 5.91 Å². The molecule has 5 heteroatoms. The fourth-order valence-electron chi connectivity index (χ4n) is 1.43. The predicted octanol–water partition coefficient (Wildman–Crippen LogP) is 1.01. The monoisotopic (exact) mass is 218 g/mol. The van der Waals surface area contributed by atoms with Gasteiger partial charge in [0.05, 0.1) is 6.07 Å². The smallest absolute Gasteiger partial charge is 0.254 e. The second-order valence-corrected chi connectivity index (χ2v) is 3.39. The molecule has 1 amide bonds. The summed E-state index contributed by atoms with van der Waals surface area (Å²) in [5.74, 6) is 0.996. The SMILES string of the molecule is CN(CC#N)C(=O)c1ccc2c(c1)OCO2. The summed E-state index contributed by atoms with van der Waals surface area (Å²) in [6.07, 6.45) is 0. The molecular weight excluding hydrogens is 208 g/mol. The zero-order chi connectivity index (χ0) is 11.5. The minimum atomic E-state index is -0.208. The number of hydrogen-bond donors (Lipinski definition) is 0. The van der Waals surface area contributed by atoms with Crippen molar-refractivity contribution in [1.29, 1.82) is 5.26 Å². The van der Waals surface area contributed by atoms with Crippen molar-refractivity contribution in [1.82, 2.24) is 4.90 Å². The second-order valence-electron chi connectivity index (χ2n) is 3.39. The van der Waals surface area contributed by atoms with Crippen molar-refractivity contribution in [3.8, 4) is 17.6 Å². The van der Waals surface area contributed by atoms with Crippen LogP contribution < -0.4 is 9.47 Å². The summed E-state index contributed by atoms with van der Waals surface area (Å²) in [5, 5.41) is 8.50. The van der Waals surface area contributed by atoms with Crippen LogP contribution in [-0.4, -0.2) is 31.2 Å². The summed E-state index contributed by atoms with van der Waals surface area (Å²) >= 11 is 0. The first-order valence-corrected chi connectivity index (χ1v) is 4.74. The minimum absolute atomic E-state index is 0.0628. The summed E-state index contributed by atoms with van der Waals surface area (Å²) in [7, 11) is 1.58. The lowest BCUT2D eigenvalue weighted by atomic mass is 10.2. The molecule has 0 spiro atoms. The van der Waals surface area contributed by atoms with E-state index in [0.29, 0.717) is 17.1 Å². The lowest BCUT2D eigenvalue weighted by Gasteiger charge is -2.12. The van der Waals surface area contributed by atoms with Crippen LogP contribution in [0.1, 0.15) is 10.4 Å². The molecular formula is C11H10N2O3. The van der Waals surface area contributed by atoms with Crippen LogP contribution in [0.25, 0.3) is 0 Å². The van der Waals surface area contributed by atoms with Crippen LogP contribution in [0.15, 0.2) is 18.2 Å². The molecule has 0 unspecified atom stereocenters. The number of nitriles is 1. The Morgan fingerprint density at radius 3 is 3.00 bits per heavy atom. The second kappa shape index (κ2) is 4.11. The highest BCUT2D eigenvalue weighted by molar-refractivity contribution is 5.94. The fraction of sp³-hybridized carbons (Fsp3) is 0.273. The maximum Gasteiger partial charge on any atom is 0.254 e. The number of carbonyl (C=O) groups is 1. The van der Waals surface area contributed by atoms with Crippen molar-refractivity contribution in [3.05, 3.63) is 23.8 Å². The minimum Gasteiger partial charge on any atom is -0.454 e. The van der Waals surface area contributed by atoms with Gasteiger partial charge in [-0.25, -0.2) is 0 Å². The van der Waals surface area contributed by atoms with Crippen LogP contribution in [0.3, 0.4) is 0 Å². The van der Waals surface area contributed by atoms with Gasteiger partial charge >= 0.3 is 0 Å². The van der Waals surface area contributed by atoms with Gasteiger partial charge in [-0.1, -0.05) is 0 Å². The molecule has 0 bridgehead atoms. The molecule has 0 N–H and O–H groups in total. The van der Waals surface area contributed by atoms with Gasteiger partial charge in [0, 0.05) is 12.6 Å². The normalized spacial score (nSPS) is 12.0. The quantitative estimate of drug-likeness (QED) is 0.695. The molecule has 16 heavy (non-hydrogen) atoms. The molecule has 0 radical (unpaired) electrons. The van der Waals surface area contributed by atoms with E-state index in [1.807, 2.05) is 6.07 Å². The van der Waals surface area contributed by atoms with E-state index in [4.69, 9.17) is 14.7 Å². The van der Waals surface area contributed by atoms with E-state index in [0.717, 1.165) is 0 Å². The molecule has 5 nitrogen and oxygen atoms in total. The topological polar surface area (TPSA) is 62.6 Å². The van der Waals surface area contributed by atoms with Crippen LogP contribution in [0.5, 0.6) is 11.5 Å². The van der Waals surface area contributed by atoms with Crippen LogP contribution in [0.4, 0.5) is 0 Å². The summed E-state index contributed by atoms with van der Waals surface area (Å²) in [4.78, 5) is 13.2. The van der Waals surface area contributed by atoms with Gasteiger partial charge in [-0.15, -0.1) is 0 Å². The van der Waals surface area contributed by atoms with Gasteiger partial charge < -0.3 is 14.4 Å². The third kappa shape index (κ3) is 1.77. The van der Waals surface area contributed by atoms with Crippen molar-refractivity contribution in [2.75, 3.05) is 20.4 Å². The van der Waals surface area contributed by atoms with Crippen LogP contribution in [0.2, 0.25) is 0 Å². The van der Waals surface area contributed by atoms with Crippen LogP contribution in [0, 0.1) is 11.3 Å². The molecule has 1 aromatic carbocycles. The fourth-order valence-corrected chi connectivity index (χ4v) is 1.43. The van der Waals surface area contributed by atoms with Crippen molar-refractivity contribution in [3.63, 3.8) is 0 Å². The molecule has 0 saturated heterocycles. The van der Waals surface area contributed by atoms with Crippen molar-refractivity contribution < 1.29 is 14.3 Å². The molecule has 2 rings (SSSR count). The zero-order valence-electron chi connectivity index (χ0n) is 8.77. The highest BCUT2D eigenvalue weighted by atomic mass is 16.7. The van der Waals surface area contributed by atoms with Crippen LogP contribution in [-0.2, 0) is 0 Å². The van der Waals surface area contributed by atoms with Crippen LogP contribution >= 0.6 is 0 Å². The van der Waals surface area contributed by atoms with E-state index in [9.17, 15) is 4.79 Å². The number of hydrogen-bond acceptors (Lipinski definition) is 4. The number of amides is 1. The number of carbonyl (C=O) groups excluding carboxylic acids is 1. The average molecular weight is 218 g/mol. The van der Waals surface area contributed by atoms with Gasteiger partial charge in [-0.3, -0.25) is 4.79 Å².